The Bertz CT molecular complexity index is 414. The van der Waals surface area contributed by atoms with Gasteiger partial charge in [0.25, 0.3) is 0 Å². The van der Waals surface area contributed by atoms with Crippen LogP contribution in [0.3, 0.4) is 0 Å². The van der Waals surface area contributed by atoms with E-state index in [1.54, 1.807) is 6.07 Å². The molecule has 1 rings (SSSR count). The molecule has 0 aliphatic carbocycles. The number of pyridine rings is 1. The Hall–Kier alpha value is -0.840. The molecular weight excluding hydrogens is 273 g/mol. The summed E-state index contributed by atoms with van der Waals surface area (Å²) in [6.07, 6.45) is 0.381. The van der Waals surface area contributed by atoms with Gasteiger partial charge in [-0.15, -0.1) is 0 Å². The van der Waals surface area contributed by atoms with E-state index in [1.807, 2.05) is 20.8 Å². The molecule has 6 heteroatoms. The van der Waals surface area contributed by atoms with Gasteiger partial charge in [-0.25, -0.2) is 4.98 Å². The van der Waals surface area contributed by atoms with Crippen LogP contribution in [0.15, 0.2) is 6.07 Å². The number of carbonyl (C=O) groups is 1. The molecule has 2 N–H and O–H groups in total. The number of halogens is 2. The van der Waals surface area contributed by atoms with Crippen LogP contribution < -0.4 is 10.6 Å². The first kappa shape index (κ1) is 15.2. The van der Waals surface area contributed by atoms with E-state index in [9.17, 15) is 4.79 Å². The van der Waals surface area contributed by atoms with Gasteiger partial charge in [-0.3, -0.25) is 4.79 Å². The van der Waals surface area contributed by atoms with E-state index in [1.165, 1.54) is 0 Å². The molecule has 1 heterocycles. The minimum absolute atomic E-state index is 0.0995. The molecule has 1 aromatic rings. The molecule has 0 fully saturated rings. The molecule has 0 saturated carbocycles. The van der Waals surface area contributed by atoms with Crippen molar-refractivity contribution in [1.82, 2.24) is 10.3 Å². The molecule has 4 nitrogen and oxygen atoms in total. The van der Waals surface area contributed by atoms with E-state index in [4.69, 9.17) is 23.2 Å². The first-order chi connectivity index (χ1) is 8.43. The number of aromatic nitrogens is 1. The summed E-state index contributed by atoms with van der Waals surface area (Å²) in [6, 6.07) is 1.78. The summed E-state index contributed by atoms with van der Waals surface area (Å²) in [5.41, 5.74) is 1.32. The molecule has 0 aliphatic heterocycles. The van der Waals surface area contributed by atoms with Crippen LogP contribution in [0.25, 0.3) is 0 Å². The van der Waals surface area contributed by atoms with Crippen molar-refractivity contribution >= 4 is 34.8 Å². The third kappa shape index (κ3) is 4.44. The van der Waals surface area contributed by atoms with Gasteiger partial charge in [-0.1, -0.05) is 30.1 Å². The molecule has 1 aromatic heterocycles. The number of aryl methyl sites for hydroxylation is 1. The summed E-state index contributed by atoms with van der Waals surface area (Å²) >= 11 is 11.7. The van der Waals surface area contributed by atoms with Crippen LogP contribution >= 0.6 is 23.2 Å². The second kappa shape index (κ2) is 6.92. The number of carbonyl (C=O) groups excluding carboxylic acids is 1. The van der Waals surface area contributed by atoms with E-state index in [0.717, 1.165) is 12.1 Å². The highest BCUT2D eigenvalue weighted by atomic mass is 35.5. The number of nitrogens with one attached hydrogen (secondary N) is 2. The predicted molar refractivity (Wildman–Crippen MR) is 75.4 cm³/mol. The lowest BCUT2D eigenvalue weighted by Gasteiger charge is -2.14. The van der Waals surface area contributed by atoms with Crippen LogP contribution in [0.2, 0.25) is 10.3 Å². The molecule has 0 aromatic carbocycles. The van der Waals surface area contributed by atoms with Crippen molar-refractivity contribution in [2.75, 3.05) is 11.9 Å². The normalized spacial score (nSPS) is 12.3. The van der Waals surface area contributed by atoms with Crippen LogP contribution in [0.1, 0.15) is 25.8 Å². The molecule has 0 radical (unpaired) electrons. The maximum atomic E-state index is 11.8. The summed E-state index contributed by atoms with van der Waals surface area (Å²) in [5.74, 6) is -0.0995. The number of hydrogen-bond donors (Lipinski definition) is 2. The van der Waals surface area contributed by atoms with Crippen LogP contribution in [0.5, 0.6) is 0 Å². The predicted octanol–water partition coefficient (Wildman–Crippen LogP) is 3.02. The first-order valence-electron chi connectivity index (χ1n) is 5.80. The highest BCUT2D eigenvalue weighted by Gasteiger charge is 2.13. The average molecular weight is 290 g/mol. The third-order valence-corrected chi connectivity index (χ3v) is 2.92. The largest absolute Gasteiger partial charge is 0.323 e. The van der Waals surface area contributed by atoms with Gasteiger partial charge in [-0.05, 0) is 32.0 Å². The topological polar surface area (TPSA) is 54.0 Å². The van der Waals surface area contributed by atoms with Gasteiger partial charge in [0.15, 0.2) is 5.15 Å². The lowest BCUT2D eigenvalue weighted by Crippen LogP contribution is -2.30. The van der Waals surface area contributed by atoms with Crippen molar-refractivity contribution in [1.29, 1.82) is 0 Å². The van der Waals surface area contributed by atoms with E-state index in [-0.39, 0.29) is 17.1 Å². The maximum Gasteiger partial charge on any atom is 0.226 e. The SMILES string of the molecule is CCNC(C)CC(=O)Nc1c(C)cc(Cl)nc1Cl. The van der Waals surface area contributed by atoms with Crippen molar-refractivity contribution in [3.63, 3.8) is 0 Å². The van der Waals surface area contributed by atoms with Gasteiger partial charge in [-0.2, -0.15) is 0 Å². The number of anilines is 1. The van der Waals surface area contributed by atoms with Gasteiger partial charge in [0, 0.05) is 12.5 Å². The fourth-order valence-electron chi connectivity index (χ4n) is 1.63. The number of rotatable bonds is 5. The van der Waals surface area contributed by atoms with E-state index in [2.05, 4.69) is 15.6 Å². The molecular formula is C12H17Cl2N3O. The quantitative estimate of drug-likeness (QED) is 0.820. The zero-order chi connectivity index (χ0) is 13.7. The average Bonchev–Trinajstić information content (AvgIpc) is 2.23. The zero-order valence-corrected chi connectivity index (χ0v) is 12.2. The maximum absolute atomic E-state index is 11.8. The summed E-state index contributed by atoms with van der Waals surface area (Å²) < 4.78 is 0. The Labute approximate surface area is 117 Å². The molecule has 18 heavy (non-hydrogen) atoms. The number of hydrogen-bond acceptors (Lipinski definition) is 3. The van der Waals surface area contributed by atoms with Crippen LogP contribution in [-0.2, 0) is 4.79 Å². The molecule has 0 bridgehead atoms. The number of nitrogens with zero attached hydrogens (tertiary/aromatic N) is 1. The molecule has 0 saturated heterocycles. The Morgan fingerprint density at radius 3 is 2.72 bits per heavy atom. The van der Waals surface area contributed by atoms with Crippen molar-refractivity contribution in [2.24, 2.45) is 0 Å². The third-order valence-electron chi connectivity index (χ3n) is 2.45. The molecule has 0 aliphatic rings. The van der Waals surface area contributed by atoms with Crippen LogP contribution in [-0.4, -0.2) is 23.5 Å². The standard InChI is InChI=1S/C12H17Cl2N3O/c1-4-15-8(3)6-10(18)17-11-7(2)5-9(13)16-12(11)14/h5,8,15H,4,6H2,1-3H3,(H,17,18). The van der Waals surface area contributed by atoms with Gasteiger partial charge < -0.3 is 10.6 Å². The summed E-state index contributed by atoms with van der Waals surface area (Å²) in [4.78, 5) is 15.7. The van der Waals surface area contributed by atoms with Crippen molar-refractivity contribution < 1.29 is 4.79 Å². The van der Waals surface area contributed by atoms with Gasteiger partial charge in [0.05, 0.1) is 5.69 Å². The zero-order valence-electron chi connectivity index (χ0n) is 10.7. The summed E-state index contributed by atoms with van der Waals surface area (Å²) in [7, 11) is 0. The second-order valence-electron chi connectivity index (χ2n) is 4.14. The van der Waals surface area contributed by atoms with Gasteiger partial charge in [0.2, 0.25) is 5.91 Å². The fourth-order valence-corrected chi connectivity index (χ4v) is 2.21. The first-order valence-corrected chi connectivity index (χ1v) is 6.55. The summed E-state index contributed by atoms with van der Waals surface area (Å²) in [5, 5.41) is 6.46. The minimum atomic E-state index is -0.0995. The van der Waals surface area contributed by atoms with E-state index < -0.39 is 0 Å². The minimum Gasteiger partial charge on any atom is -0.323 e. The van der Waals surface area contributed by atoms with E-state index in [0.29, 0.717) is 17.3 Å². The molecule has 1 unspecified atom stereocenters. The second-order valence-corrected chi connectivity index (χ2v) is 4.88. The van der Waals surface area contributed by atoms with Crippen molar-refractivity contribution in [3.8, 4) is 0 Å². The Kier molecular flexibility index (Phi) is 5.85. The van der Waals surface area contributed by atoms with Gasteiger partial charge >= 0.3 is 0 Å². The van der Waals surface area contributed by atoms with Crippen molar-refractivity contribution in [2.45, 2.75) is 33.2 Å². The Balaban J connectivity index is 2.70. The molecule has 1 amide bonds. The monoisotopic (exact) mass is 289 g/mol. The summed E-state index contributed by atoms with van der Waals surface area (Å²) in [6.45, 7) is 6.61. The smallest absolute Gasteiger partial charge is 0.226 e. The van der Waals surface area contributed by atoms with Crippen molar-refractivity contribution in [3.05, 3.63) is 21.9 Å². The lowest BCUT2D eigenvalue weighted by atomic mass is 10.2. The Morgan fingerprint density at radius 1 is 1.50 bits per heavy atom. The lowest BCUT2D eigenvalue weighted by molar-refractivity contribution is -0.116. The fraction of sp³-hybridized carbons (Fsp3) is 0.500. The molecule has 1 atom stereocenters. The Morgan fingerprint density at radius 2 is 2.17 bits per heavy atom. The van der Waals surface area contributed by atoms with Crippen LogP contribution in [0.4, 0.5) is 5.69 Å². The highest BCUT2D eigenvalue weighted by Crippen LogP contribution is 2.26. The molecule has 0 spiro atoms. The van der Waals surface area contributed by atoms with E-state index >= 15 is 0 Å². The van der Waals surface area contributed by atoms with Crippen LogP contribution in [0, 0.1) is 6.92 Å². The molecule has 100 valence electrons. The number of amides is 1. The van der Waals surface area contributed by atoms with Gasteiger partial charge in [0.1, 0.15) is 5.15 Å². The highest BCUT2D eigenvalue weighted by molar-refractivity contribution is 6.34.